The second kappa shape index (κ2) is 8.54. The highest BCUT2D eigenvalue weighted by molar-refractivity contribution is 5.79. The third kappa shape index (κ3) is 5.91. The molecular formula is C15H30N2O2. The van der Waals surface area contributed by atoms with E-state index in [1.54, 1.807) is 0 Å². The minimum absolute atomic E-state index is 0.0191. The number of hydrogen-bond acceptors (Lipinski definition) is 3. The molecule has 112 valence electrons. The van der Waals surface area contributed by atoms with Gasteiger partial charge in [0.15, 0.2) is 0 Å². The Morgan fingerprint density at radius 1 is 1.37 bits per heavy atom. The Morgan fingerprint density at radius 2 is 2.11 bits per heavy atom. The summed E-state index contributed by atoms with van der Waals surface area (Å²) in [4.78, 5) is 12.1. The molecule has 1 amide bonds. The third-order valence-corrected chi connectivity index (χ3v) is 3.96. The van der Waals surface area contributed by atoms with Gasteiger partial charge in [0.1, 0.15) is 0 Å². The largest absolute Gasteiger partial charge is 0.380 e. The maximum Gasteiger partial charge on any atom is 0.225 e. The van der Waals surface area contributed by atoms with Crippen molar-refractivity contribution in [3.8, 4) is 0 Å². The zero-order chi connectivity index (χ0) is 14.3. The number of hydrogen-bond donors (Lipinski definition) is 2. The zero-order valence-corrected chi connectivity index (χ0v) is 12.7. The summed E-state index contributed by atoms with van der Waals surface area (Å²) in [5.74, 6) is 1.14. The van der Waals surface area contributed by atoms with Gasteiger partial charge in [-0.15, -0.1) is 0 Å². The second-order valence-corrected chi connectivity index (χ2v) is 6.18. The molecule has 0 aromatic rings. The quantitative estimate of drug-likeness (QED) is 0.695. The maximum atomic E-state index is 12.1. The Morgan fingerprint density at radius 3 is 2.74 bits per heavy atom. The van der Waals surface area contributed by atoms with Crippen molar-refractivity contribution in [3.05, 3.63) is 0 Å². The second-order valence-electron chi connectivity index (χ2n) is 6.18. The normalized spacial score (nSPS) is 27.5. The molecule has 1 fully saturated rings. The van der Waals surface area contributed by atoms with E-state index >= 15 is 0 Å². The van der Waals surface area contributed by atoms with Gasteiger partial charge in [-0.3, -0.25) is 4.79 Å². The van der Waals surface area contributed by atoms with Gasteiger partial charge < -0.3 is 15.8 Å². The van der Waals surface area contributed by atoms with E-state index in [1.165, 1.54) is 0 Å². The van der Waals surface area contributed by atoms with Crippen LogP contribution in [0.1, 0.15) is 46.5 Å². The molecule has 0 heterocycles. The first kappa shape index (κ1) is 16.4. The van der Waals surface area contributed by atoms with Gasteiger partial charge in [0.2, 0.25) is 5.91 Å². The van der Waals surface area contributed by atoms with Crippen LogP contribution >= 0.6 is 0 Å². The minimum Gasteiger partial charge on any atom is -0.380 e. The highest BCUT2D eigenvalue weighted by Gasteiger charge is 2.33. The molecule has 1 rings (SSSR count). The van der Waals surface area contributed by atoms with E-state index < -0.39 is 0 Å². The van der Waals surface area contributed by atoms with Crippen molar-refractivity contribution in [2.24, 2.45) is 23.5 Å². The van der Waals surface area contributed by atoms with Crippen molar-refractivity contribution < 1.29 is 9.53 Å². The summed E-state index contributed by atoms with van der Waals surface area (Å²) in [6, 6.07) is 0.0191. The molecule has 1 aliphatic carbocycles. The molecule has 0 aromatic heterocycles. The number of ether oxygens (including phenoxy) is 1. The van der Waals surface area contributed by atoms with Gasteiger partial charge in [-0.25, -0.2) is 0 Å². The van der Waals surface area contributed by atoms with Crippen LogP contribution in [0.5, 0.6) is 0 Å². The summed E-state index contributed by atoms with van der Waals surface area (Å²) in [7, 11) is 0. The monoisotopic (exact) mass is 270 g/mol. The lowest BCUT2D eigenvalue weighted by Gasteiger charge is -2.33. The molecule has 19 heavy (non-hydrogen) atoms. The molecule has 4 nitrogen and oxygen atoms in total. The molecule has 4 heteroatoms. The highest BCUT2D eigenvalue weighted by atomic mass is 16.5. The van der Waals surface area contributed by atoms with Crippen LogP contribution in [-0.2, 0) is 9.53 Å². The predicted molar refractivity (Wildman–Crippen MR) is 77.8 cm³/mol. The summed E-state index contributed by atoms with van der Waals surface area (Å²) < 4.78 is 5.49. The van der Waals surface area contributed by atoms with E-state index in [0.717, 1.165) is 32.3 Å². The van der Waals surface area contributed by atoms with Crippen LogP contribution in [0.15, 0.2) is 0 Å². The standard InChI is InChI=1S/C15H30N2O2/c1-11(2)7-9-19-10-8-17-15(18)14-12(3)5-4-6-13(14)16/h11-14H,4-10,16H2,1-3H3,(H,17,18). The van der Waals surface area contributed by atoms with Crippen LogP contribution in [0, 0.1) is 17.8 Å². The molecule has 3 atom stereocenters. The Balaban J connectivity index is 2.16. The smallest absolute Gasteiger partial charge is 0.225 e. The predicted octanol–water partition coefficient (Wildman–Crippen LogP) is 1.93. The molecule has 0 radical (unpaired) electrons. The molecule has 1 aliphatic rings. The van der Waals surface area contributed by atoms with Crippen LogP contribution in [0.25, 0.3) is 0 Å². The lowest BCUT2D eigenvalue weighted by atomic mass is 9.76. The molecule has 0 aliphatic heterocycles. The maximum absolute atomic E-state index is 12.1. The van der Waals surface area contributed by atoms with E-state index in [2.05, 4.69) is 26.1 Å². The lowest BCUT2D eigenvalue weighted by molar-refractivity contribution is -0.128. The topological polar surface area (TPSA) is 64.3 Å². The Kier molecular flexibility index (Phi) is 7.39. The fourth-order valence-electron chi connectivity index (χ4n) is 2.69. The van der Waals surface area contributed by atoms with Crippen molar-refractivity contribution in [2.75, 3.05) is 19.8 Å². The summed E-state index contributed by atoms with van der Waals surface area (Å²) >= 11 is 0. The summed E-state index contributed by atoms with van der Waals surface area (Å²) in [5, 5.41) is 2.96. The van der Waals surface area contributed by atoms with Gasteiger partial charge >= 0.3 is 0 Å². The van der Waals surface area contributed by atoms with E-state index in [-0.39, 0.29) is 17.9 Å². The third-order valence-electron chi connectivity index (χ3n) is 3.96. The van der Waals surface area contributed by atoms with E-state index in [4.69, 9.17) is 10.5 Å². The minimum atomic E-state index is -0.0237. The average Bonchev–Trinajstić information content (AvgIpc) is 2.33. The number of carbonyl (C=O) groups is 1. The van der Waals surface area contributed by atoms with Gasteiger partial charge in [-0.2, -0.15) is 0 Å². The van der Waals surface area contributed by atoms with Gasteiger partial charge in [0.25, 0.3) is 0 Å². The van der Waals surface area contributed by atoms with Crippen molar-refractivity contribution in [2.45, 2.75) is 52.5 Å². The van der Waals surface area contributed by atoms with Crippen molar-refractivity contribution >= 4 is 5.91 Å². The highest BCUT2D eigenvalue weighted by Crippen LogP contribution is 2.28. The number of amides is 1. The van der Waals surface area contributed by atoms with E-state index in [9.17, 15) is 4.79 Å². The molecule has 0 aromatic carbocycles. The first-order valence-corrected chi connectivity index (χ1v) is 7.63. The van der Waals surface area contributed by atoms with Crippen LogP contribution in [-0.4, -0.2) is 31.7 Å². The molecule has 0 spiro atoms. The summed E-state index contributed by atoms with van der Waals surface area (Å²) in [6.07, 6.45) is 4.28. The number of carbonyl (C=O) groups excluding carboxylic acids is 1. The molecule has 3 unspecified atom stereocenters. The molecule has 0 bridgehead atoms. The molecule has 0 saturated heterocycles. The number of nitrogens with one attached hydrogen (secondary N) is 1. The number of nitrogens with two attached hydrogens (primary N) is 1. The Bertz CT molecular complexity index is 259. The summed E-state index contributed by atoms with van der Waals surface area (Å²) in [5.41, 5.74) is 6.06. The fourth-order valence-corrected chi connectivity index (χ4v) is 2.69. The van der Waals surface area contributed by atoms with Crippen LogP contribution in [0.3, 0.4) is 0 Å². The van der Waals surface area contributed by atoms with Gasteiger partial charge in [0.05, 0.1) is 12.5 Å². The van der Waals surface area contributed by atoms with Crippen molar-refractivity contribution in [1.29, 1.82) is 0 Å². The van der Waals surface area contributed by atoms with Gasteiger partial charge in [-0.05, 0) is 31.1 Å². The van der Waals surface area contributed by atoms with Gasteiger partial charge in [-0.1, -0.05) is 27.2 Å². The van der Waals surface area contributed by atoms with Crippen molar-refractivity contribution in [1.82, 2.24) is 5.32 Å². The Hall–Kier alpha value is -0.610. The lowest BCUT2D eigenvalue weighted by Crippen LogP contribution is -2.47. The fraction of sp³-hybridized carbons (Fsp3) is 0.933. The van der Waals surface area contributed by atoms with Crippen LogP contribution in [0.4, 0.5) is 0 Å². The zero-order valence-electron chi connectivity index (χ0n) is 12.7. The molecular weight excluding hydrogens is 240 g/mol. The SMILES string of the molecule is CC(C)CCOCCNC(=O)C1C(C)CCCC1N. The Labute approximate surface area is 117 Å². The summed E-state index contributed by atoms with van der Waals surface area (Å²) in [6.45, 7) is 8.44. The van der Waals surface area contributed by atoms with Crippen LogP contribution < -0.4 is 11.1 Å². The van der Waals surface area contributed by atoms with E-state index in [1.807, 2.05) is 0 Å². The first-order valence-electron chi connectivity index (χ1n) is 7.63. The molecule has 3 N–H and O–H groups in total. The van der Waals surface area contributed by atoms with E-state index in [0.29, 0.717) is 25.0 Å². The first-order chi connectivity index (χ1) is 9.02. The van der Waals surface area contributed by atoms with Crippen molar-refractivity contribution in [3.63, 3.8) is 0 Å². The average molecular weight is 270 g/mol. The number of rotatable bonds is 7. The molecule has 1 saturated carbocycles. The van der Waals surface area contributed by atoms with Crippen LogP contribution in [0.2, 0.25) is 0 Å². The van der Waals surface area contributed by atoms with Gasteiger partial charge in [0, 0.05) is 19.2 Å².